The second-order valence-corrected chi connectivity index (χ2v) is 10.1. The van der Waals surface area contributed by atoms with E-state index in [-0.39, 0.29) is 58.8 Å². The molecule has 0 saturated heterocycles. The molecule has 0 aliphatic heterocycles. The molecular formula is C34H30F4N6O3. The number of hydrogen-bond donors (Lipinski definition) is 0. The van der Waals surface area contributed by atoms with Crippen LogP contribution in [0.5, 0.6) is 17.2 Å². The maximum absolute atomic E-state index is 15.4. The van der Waals surface area contributed by atoms with Crippen LogP contribution in [0.1, 0.15) is 22.4 Å². The Kier molecular flexibility index (Phi) is 9.83. The first-order valence-electron chi connectivity index (χ1n) is 14.2. The largest absolute Gasteiger partial charge is 0.494 e. The number of rotatable bonds is 12. The van der Waals surface area contributed by atoms with Crippen molar-refractivity contribution in [1.29, 1.82) is 0 Å². The summed E-state index contributed by atoms with van der Waals surface area (Å²) in [6.07, 6.45) is 9.35. The van der Waals surface area contributed by atoms with Crippen LogP contribution in [0, 0.1) is 30.2 Å². The van der Waals surface area contributed by atoms with Crippen molar-refractivity contribution in [2.45, 2.75) is 20.0 Å². The Labute approximate surface area is 268 Å². The highest BCUT2D eigenvalue weighted by atomic mass is 19.1. The number of anilines is 2. The monoisotopic (exact) mass is 646 g/mol. The number of allylic oxidation sites excluding steroid dienone is 2. The van der Waals surface area contributed by atoms with E-state index in [0.717, 1.165) is 12.1 Å². The zero-order valence-corrected chi connectivity index (χ0v) is 26.0. The molecule has 0 fully saturated rings. The van der Waals surface area contributed by atoms with Gasteiger partial charge in [-0.05, 0) is 49.4 Å². The Bertz CT molecular complexity index is 1950. The van der Waals surface area contributed by atoms with Crippen LogP contribution in [-0.4, -0.2) is 46.1 Å². The van der Waals surface area contributed by atoms with E-state index in [4.69, 9.17) is 19.2 Å². The molecule has 3 aromatic heterocycles. The summed E-state index contributed by atoms with van der Waals surface area (Å²) in [4.78, 5) is 14.8. The quantitative estimate of drug-likeness (QED) is 0.104. The van der Waals surface area contributed by atoms with Crippen LogP contribution < -0.4 is 19.1 Å². The number of nitrogens with zero attached hydrogens (tertiary/aromatic N) is 6. The SMILES string of the molecule is C=C/C=C\c1c(C)c(-c2ncc(OC)c(N(Cc3c(F)ccc(OC)c3F)c3ccncc3)n2)nn1Cc1c(F)ccc(OC)c1F. The Morgan fingerprint density at radius 2 is 1.47 bits per heavy atom. The van der Waals surface area contributed by atoms with Crippen LogP contribution in [-0.2, 0) is 13.1 Å². The molecule has 0 bridgehead atoms. The summed E-state index contributed by atoms with van der Waals surface area (Å²) < 4.78 is 77.6. The van der Waals surface area contributed by atoms with E-state index in [1.807, 2.05) is 0 Å². The van der Waals surface area contributed by atoms with Crippen molar-refractivity contribution in [3.8, 4) is 28.8 Å². The average Bonchev–Trinajstić information content (AvgIpc) is 3.40. The molecule has 13 heteroatoms. The smallest absolute Gasteiger partial charge is 0.182 e. The lowest BCUT2D eigenvalue weighted by molar-refractivity contribution is 0.379. The van der Waals surface area contributed by atoms with Crippen LogP contribution in [0.15, 0.2) is 73.7 Å². The minimum absolute atomic E-state index is 0.113. The van der Waals surface area contributed by atoms with Crippen LogP contribution in [0.3, 0.4) is 0 Å². The number of methoxy groups -OCH3 is 3. The number of pyridine rings is 1. The topological polar surface area (TPSA) is 87.4 Å². The lowest BCUT2D eigenvalue weighted by atomic mass is 10.1. The fourth-order valence-electron chi connectivity index (χ4n) is 4.96. The van der Waals surface area contributed by atoms with Crippen LogP contribution in [0.2, 0.25) is 0 Å². The molecule has 3 heterocycles. The third-order valence-electron chi connectivity index (χ3n) is 7.39. The van der Waals surface area contributed by atoms with Crippen molar-refractivity contribution in [2.75, 3.05) is 26.2 Å². The highest BCUT2D eigenvalue weighted by Crippen LogP contribution is 2.37. The van der Waals surface area contributed by atoms with E-state index in [2.05, 4.69) is 21.6 Å². The van der Waals surface area contributed by atoms with Gasteiger partial charge in [0.25, 0.3) is 0 Å². The predicted octanol–water partition coefficient (Wildman–Crippen LogP) is 7.21. The highest BCUT2D eigenvalue weighted by molar-refractivity contribution is 5.70. The molecule has 0 amide bonds. The maximum Gasteiger partial charge on any atom is 0.182 e. The predicted molar refractivity (Wildman–Crippen MR) is 169 cm³/mol. The van der Waals surface area contributed by atoms with Crippen LogP contribution in [0.4, 0.5) is 29.1 Å². The van der Waals surface area contributed by atoms with E-state index in [1.54, 1.807) is 42.2 Å². The molecule has 0 atom stereocenters. The normalized spacial score (nSPS) is 11.1. The summed E-state index contributed by atoms with van der Waals surface area (Å²) in [6, 6.07) is 7.94. The third-order valence-corrected chi connectivity index (χ3v) is 7.39. The summed E-state index contributed by atoms with van der Waals surface area (Å²) in [5.74, 6) is -3.06. The van der Waals surface area contributed by atoms with E-state index in [9.17, 15) is 4.39 Å². The first kappa shape index (κ1) is 32.7. The zero-order chi connectivity index (χ0) is 33.7. The molecule has 5 aromatic rings. The van der Waals surface area contributed by atoms with E-state index in [1.165, 1.54) is 56.7 Å². The molecule has 0 saturated carbocycles. The maximum atomic E-state index is 15.4. The minimum atomic E-state index is -0.870. The van der Waals surface area contributed by atoms with E-state index >= 15 is 13.2 Å². The van der Waals surface area contributed by atoms with Crippen LogP contribution in [0.25, 0.3) is 17.6 Å². The molecule has 0 N–H and O–H groups in total. The van der Waals surface area contributed by atoms with Gasteiger partial charge in [-0.25, -0.2) is 27.5 Å². The molecule has 0 spiro atoms. The molecule has 0 aliphatic carbocycles. The lowest BCUT2D eigenvalue weighted by Gasteiger charge is -2.26. The number of aromatic nitrogens is 5. The van der Waals surface area contributed by atoms with E-state index in [0.29, 0.717) is 16.9 Å². The zero-order valence-electron chi connectivity index (χ0n) is 26.0. The highest BCUT2D eigenvalue weighted by Gasteiger charge is 2.26. The van der Waals surface area contributed by atoms with Crippen molar-refractivity contribution in [3.05, 3.63) is 119 Å². The second kappa shape index (κ2) is 14.1. The van der Waals surface area contributed by atoms with Gasteiger partial charge in [0.2, 0.25) is 0 Å². The molecule has 0 unspecified atom stereocenters. The fraction of sp³-hybridized carbons (Fsp3) is 0.176. The van der Waals surface area contributed by atoms with Crippen molar-refractivity contribution in [2.24, 2.45) is 0 Å². The fourth-order valence-corrected chi connectivity index (χ4v) is 4.96. The van der Waals surface area contributed by atoms with Gasteiger partial charge in [-0.1, -0.05) is 18.7 Å². The van der Waals surface area contributed by atoms with Gasteiger partial charge in [0.15, 0.2) is 40.5 Å². The van der Waals surface area contributed by atoms with Gasteiger partial charge in [0.05, 0.1) is 46.3 Å². The average molecular weight is 647 g/mol. The van der Waals surface area contributed by atoms with Gasteiger partial charge < -0.3 is 19.1 Å². The van der Waals surface area contributed by atoms with Crippen LogP contribution >= 0.6 is 0 Å². The molecule has 0 aliphatic rings. The standard InChI is InChI=1S/C34H30F4N6O3/c1-6-7-8-26-20(2)32(42-44(26)19-23-25(36)10-12-28(46-4)31(23)38)33-40-17-29(47-5)34(41-33)43(21-13-15-39-16-14-21)18-22-24(35)9-11-27(45-3)30(22)37/h6-17H,1,18-19H2,2-5H3/b8-7-. The molecule has 2 aromatic carbocycles. The van der Waals surface area contributed by atoms with Gasteiger partial charge >= 0.3 is 0 Å². The van der Waals surface area contributed by atoms with Gasteiger partial charge in [-0.3, -0.25) is 9.67 Å². The van der Waals surface area contributed by atoms with Crippen molar-refractivity contribution in [1.82, 2.24) is 24.7 Å². The summed E-state index contributed by atoms with van der Waals surface area (Å²) in [6.45, 7) is 4.86. The molecule has 47 heavy (non-hydrogen) atoms. The molecule has 0 radical (unpaired) electrons. The number of ether oxygens (including phenoxy) is 3. The molecule has 9 nitrogen and oxygen atoms in total. The Morgan fingerprint density at radius 1 is 0.851 bits per heavy atom. The summed E-state index contributed by atoms with van der Waals surface area (Å²) in [5, 5.41) is 4.66. The van der Waals surface area contributed by atoms with Gasteiger partial charge in [-0.15, -0.1) is 0 Å². The third kappa shape index (κ3) is 6.50. The Morgan fingerprint density at radius 3 is 2.09 bits per heavy atom. The van der Waals surface area contributed by atoms with Gasteiger partial charge in [0, 0.05) is 34.8 Å². The number of hydrogen-bond acceptors (Lipinski definition) is 8. The second-order valence-electron chi connectivity index (χ2n) is 10.1. The van der Waals surface area contributed by atoms with Gasteiger partial charge in [0.1, 0.15) is 17.3 Å². The number of halogens is 4. The van der Waals surface area contributed by atoms with E-state index < -0.39 is 23.3 Å². The van der Waals surface area contributed by atoms with Crippen molar-refractivity contribution in [3.63, 3.8) is 0 Å². The first-order chi connectivity index (χ1) is 22.7. The van der Waals surface area contributed by atoms with Gasteiger partial charge in [-0.2, -0.15) is 5.10 Å². The number of benzene rings is 2. The van der Waals surface area contributed by atoms with Crippen molar-refractivity contribution >= 4 is 17.6 Å². The summed E-state index contributed by atoms with van der Waals surface area (Å²) in [5.41, 5.74) is 1.34. The first-order valence-corrected chi connectivity index (χ1v) is 14.2. The molecule has 5 rings (SSSR count). The Balaban J connectivity index is 1.67. The lowest BCUT2D eigenvalue weighted by Crippen LogP contribution is -2.21. The minimum Gasteiger partial charge on any atom is -0.494 e. The summed E-state index contributed by atoms with van der Waals surface area (Å²) in [7, 11) is 3.99. The summed E-state index contributed by atoms with van der Waals surface area (Å²) >= 11 is 0. The Hall–Kier alpha value is -5.72. The molecule has 242 valence electrons. The molecular weight excluding hydrogens is 616 g/mol. The van der Waals surface area contributed by atoms with Crippen molar-refractivity contribution < 1.29 is 31.8 Å².